The van der Waals surface area contributed by atoms with E-state index < -0.39 is 8.32 Å². The maximum absolute atomic E-state index is 12.8. The van der Waals surface area contributed by atoms with E-state index in [1.165, 1.54) is 5.57 Å². The third-order valence-corrected chi connectivity index (χ3v) is 11.1. The highest BCUT2D eigenvalue weighted by molar-refractivity contribution is 6.74. The quantitative estimate of drug-likeness (QED) is 0.315. The van der Waals surface area contributed by atoms with Crippen molar-refractivity contribution < 1.29 is 9.22 Å². The number of benzene rings is 1. The molecule has 27 heavy (non-hydrogen) atoms. The molecule has 0 radical (unpaired) electrons. The second-order valence-corrected chi connectivity index (χ2v) is 15.7. The summed E-state index contributed by atoms with van der Waals surface area (Å²) in [6, 6.07) is 9.58. The van der Waals surface area contributed by atoms with Gasteiger partial charge in [-0.15, -0.1) is 0 Å². The lowest BCUT2D eigenvalue weighted by molar-refractivity contribution is 0.0537. The van der Waals surface area contributed by atoms with Crippen molar-refractivity contribution in [3.8, 4) is 0 Å². The molecule has 1 aromatic rings. The summed E-state index contributed by atoms with van der Waals surface area (Å²) in [5.41, 5.74) is 1.90. The van der Waals surface area contributed by atoms with Crippen LogP contribution >= 0.6 is 0 Å². The summed E-state index contributed by atoms with van der Waals surface area (Å²) in [7, 11) is -1.81. The highest BCUT2D eigenvalue weighted by Crippen LogP contribution is 2.52. The van der Waals surface area contributed by atoms with E-state index in [2.05, 4.69) is 61.6 Å². The van der Waals surface area contributed by atoms with Crippen molar-refractivity contribution in [2.24, 2.45) is 10.8 Å². The molecule has 0 heterocycles. The number of hydrogen-bond acceptors (Lipinski definition) is 2. The van der Waals surface area contributed by atoms with E-state index >= 15 is 0 Å². The van der Waals surface area contributed by atoms with E-state index in [0.717, 1.165) is 18.4 Å². The normalized spacial score (nSPS) is 22.4. The van der Waals surface area contributed by atoms with Gasteiger partial charge in [0, 0.05) is 11.7 Å². The van der Waals surface area contributed by atoms with Crippen LogP contribution in [0.2, 0.25) is 18.1 Å². The van der Waals surface area contributed by atoms with Crippen LogP contribution in [0.4, 0.5) is 0 Å². The van der Waals surface area contributed by atoms with Crippen molar-refractivity contribution in [2.75, 3.05) is 0 Å². The monoisotopic (exact) mass is 386 g/mol. The smallest absolute Gasteiger partial charge is 0.192 e. The van der Waals surface area contributed by atoms with Gasteiger partial charge in [0.05, 0.1) is 0 Å². The van der Waals surface area contributed by atoms with Crippen LogP contribution in [-0.4, -0.2) is 20.2 Å². The molecule has 1 aromatic carbocycles. The molecular formula is C24H38O2Si. The molecule has 0 aliphatic heterocycles. The van der Waals surface area contributed by atoms with E-state index in [0.29, 0.717) is 0 Å². The van der Waals surface area contributed by atoms with Gasteiger partial charge in [-0.1, -0.05) is 84.4 Å². The summed E-state index contributed by atoms with van der Waals surface area (Å²) in [5.74, 6) is 0.107. The molecule has 0 unspecified atom stereocenters. The van der Waals surface area contributed by atoms with Gasteiger partial charge in [0.2, 0.25) is 0 Å². The van der Waals surface area contributed by atoms with Crippen LogP contribution in [-0.2, 0) is 4.43 Å². The summed E-state index contributed by atoms with van der Waals surface area (Å²) >= 11 is 0. The lowest BCUT2D eigenvalue weighted by Crippen LogP contribution is -2.49. The second-order valence-electron chi connectivity index (χ2n) is 11.0. The van der Waals surface area contributed by atoms with Gasteiger partial charge in [0.25, 0.3) is 0 Å². The fourth-order valence-electron chi connectivity index (χ4n) is 4.23. The van der Waals surface area contributed by atoms with Gasteiger partial charge >= 0.3 is 0 Å². The predicted octanol–water partition coefficient (Wildman–Crippen LogP) is 7.03. The fourth-order valence-corrected chi connectivity index (χ4v) is 5.58. The molecule has 0 atom stereocenters. The number of carbonyl (C=O) groups excluding carboxylic acids is 1. The molecule has 0 aromatic heterocycles. The predicted molar refractivity (Wildman–Crippen MR) is 118 cm³/mol. The Morgan fingerprint density at radius 2 is 1.52 bits per heavy atom. The minimum Gasteiger partial charge on any atom is -0.414 e. The van der Waals surface area contributed by atoms with Crippen LogP contribution in [0.15, 0.2) is 42.0 Å². The number of hydrogen-bond donors (Lipinski definition) is 0. The Labute approximate surface area is 167 Å². The molecule has 0 bridgehead atoms. The standard InChI is InChI=1S/C24H38O2Si/c1-22(2,3)27(8,9)26-19-16-23(4,5)21(24(6,7)17-19)15-20(25)18-13-11-10-12-14-18/h10-15,19H,16-17H2,1-9H3. The van der Waals surface area contributed by atoms with Gasteiger partial charge in [0.15, 0.2) is 14.1 Å². The van der Waals surface area contributed by atoms with Gasteiger partial charge in [0.1, 0.15) is 0 Å². The molecule has 1 aliphatic rings. The molecule has 1 saturated carbocycles. The molecule has 0 amide bonds. The molecule has 150 valence electrons. The molecule has 1 aliphatic carbocycles. The Kier molecular flexibility index (Phi) is 6.00. The average Bonchev–Trinajstić information content (AvgIpc) is 2.49. The zero-order valence-electron chi connectivity index (χ0n) is 18.8. The Balaban J connectivity index is 2.29. The summed E-state index contributed by atoms with van der Waals surface area (Å²) in [5, 5.41) is 0.209. The third kappa shape index (κ3) is 5.00. The van der Waals surface area contributed by atoms with Gasteiger partial charge < -0.3 is 4.43 Å². The highest BCUT2D eigenvalue weighted by Gasteiger charge is 2.47. The number of ketones is 1. The van der Waals surface area contributed by atoms with Gasteiger partial charge in [-0.05, 0) is 47.9 Å². The van der Waals surface area contributed by atoms with Crippen LogP contribution in [0.5, 0.6) is 0 Å². The van der Waals surface area contributed by atoms with Gasteiger partial charge in [-0.3, -0.25) is 4.79 Å². The average molecular weight is 387 g/mol. The van der Waals surface area contributed by atoms with Crippen molar-refractivity contribution in [3.63, 3.8) is 0 Å². The van der Waals surface area contributed by atoms with Crippen molar-refractivity contribution in [2.45, 2.75) is 85.5 Å². The first-order valence-electron chi connectivity index (χ1n) is 10.2. The maximum atomic E-state index is 12.8. The molecule has 0 N–H and O–H groups in total. The van der Waals surface area contributed by atoms with Crippen molar-refractivity contribution >= 4 is 14.1 Å². The summed E-state index contributed by atoms with van der Waals surface area (Å²) < 4.78 is 6.78. The molecular weight excluding hydrogens is 348 g/mol. The Morgan fingerprint density at radius 3 is 1.96 bits per heavy atom. The van der Waals surface area contributed by atoms with Crippen LogP contribution in [0.3, 0.4) is 0 Å². The van der Waals surface area contributed by atoms with Gasteiger partial charge in [-0.25, -0.2) is 0 Å². The zero-order valence-corrected chi connectivity index (χ0v) is 19.8. The van der Waals surface area contributed by atoms with E-state index in [1.54, 1.807) is 0 Å². The Bertz CT molecular complexity index is 686. The fraction of sp³-hybridized carbons (Fsp3) is 0.625. The highest BCUT2D eigenvalue weighted by atomic mass is 28.4. The minimum absolute atomic E-state index is 0.0563. The van der Waals surface area contributed by atoms with Crippen LogP contribution in [0, 0.1) is 10.8 Å². The van der Waals surface area contributed by atoms with Crippen molar-refractivity contribution in [3.05, 3.63) is 47.5 Å². The van der Waals surface area contributed by atoms with Crippen LogP contribution in [0.1, 0.15) is 71.7 Å². The summed E-state index contributed by atoms with van der Waals surface area (Å²) in [4.78, 5) is 12.8. The second kappa shape index (κ2) is 7.33. The maximum Gasteiger partial charge on any atom is 0.192 e. The first kappa shape index (κ1) is 22.1. The molecule has 2 rings (SSSR count). The van der Waals surface area contributed by atoms with Gasteiger partial charge in [-0.2, -0.15) is 0 Å². The third-order valence-electron chi connectivity index (χ3n) is 6.54. The largest absolute Gasteiger partial charge is 0.414 e. The molecule has 0 saturated heterocycles. The number of rotatable bonds is 4. The molecule has 2 nitrogen and oxygen atoms in total. The molecule has 1 fully saturated rings. The Morgan fingerprint density at radius 1 is 1.04 bits per heavy atom. The SMILES string of the molecule is CC1(C)CC(O[Si](C)(C)C(C)(C)C)CC(C)(C)C1=CC(=O)c1ccccc1. The number of allylic oxidation sites excluding steroid dienone is 2. The summed E-state index contributed by atoms with van der Waals surface area (Å²) in [6.07, 6.45) is 4.09. The van der Waals surface area contributed by atoms with Crippen molar-refractivity contribution in [1.82, 2.24) is 0 Å². The molecule has 3 heteroatoms. The van der Waals surface area contributed by atoms with E-state index in [1.807, 2.05) is 36.4 Å². The molecule has 0 spiro atoms. The Hall–Kier alpha value is -1.19. The number of carbonyl (C=O) groups is 1. The minimum atomic E-state index is -1.81. The lowest BCUT2D eigenvalue weighted by Gasteiger charge is -2.50. The van der Waals surface area contributed by atoms with E-state index in [-0.39, 0.29) is 27.8 Å². The van der Waals surface area contributed by atoms with Crippen LogP contribution < -0.4 is 0 Å². The first-order chi connectivity index (χ1) is 12.2. The zero-order chi connectivity index (χ0) is 20.7. The lowest BCUT2D eigenvalue weighted by atomic mass is 9.60. The van der Waals surface area contributed by atoms with E-state index in [4.69, 9.17) is 4.43 Å². The summed E-state index contributed by atoms with van der Waals surface area (Å²) in [6.45, 7) is 20.6. The van der Waals surface area contributed by atoms with E-state index in [9.17, 15) is 4.79 Å². The van der Waals surface area contributed by atoms with Crippen molar-refractivity contribution in [1.29, 1.82) is 0 Å². The van der Waals surface area contributed by atoms with Crippen LogP contribution in [0.25, 0.3) is 0 Å². The topological polar surface area (TPSA) is 26.3 Å². The first-order valence-corrected chi connectivity index (χ1v) is 13.1.